The van der Waals surface area contributed by atoms with Gasteiger partial charge in [0.1, 0.15) is 0 Å². The summed E-state index contributed by atoms with van der Waals surface area (Å²) in [4.78, 5) is 31.4. The highest BCUT2D eigenvalue weighted by atomic mass is 28.4. The number of amides is 2. The summed E-state index contributed by atoms with van der Waals surface area (Å²) in [5, 5.41) is 17.5. The molecule has 0 saturated carbocycles. The normalized spacial score (nSPS) is 23.9. The first-order valence-corrected chi connectivity index (χ1v) is 19.3. The minimum absolute atomic E-state index is 0.0131. The minimum Gasteiger partial charge on any atom is -0.396 e. The Morgan fingerprint density at radius 2 is 1.79 bits per heavy atom. The third-order valence-corrected chi connectivity index (χ3v) is 12.5. The number of hydrogen-bond donors (Lipinski definition) is 1. The number of aliphatic hydroxyl groups excluding tert-OH is 1. The van der Waals surface area contributed by atoms with E-state index >= 15 is 4.11 Å². The van der Waals surface area contributed by atoms with Crippen molar-refractivity contribution >= 4 is 37.3 Å². The average molecular weight is 654 g/mol. The highest BCUT2D eigenvalue weighted by Gasteiger charge is 2.66. The van der Waals surface area contributed by atoms with E-state index in [1.54, 1.807) is 33.8 Å². The van der Waals surface area contributed by atoms with E-state index in [4.69, 9.17) is 4.74 Å². The largest absolute Gasteiger partial charge is 0.396 e. The Morgan fingerprint density at radius 3 is 2.57 bits per heavy atom. The van der Waals surface area contributed by atoms with Crippen LogP contribution in [-0.2, 0) is 45.9 Å². The summed E-state index contributed by atoms with van der Waals surface area (Å²) < 4.78 is 24.8. The first-order chi connectivity index (χ1) is 22.6. The van der Waals surface area contributed by atoms with Crippen molar-refractivity contribution in [2.45, 2.75) is 76.0 Å². The van der Waals surface area contributed by atoms with E-state index in [1.807, 2.05) is 73.7 Å². The number of para-hydroxylation sites is 2. The van der Waals surface area contributed by atoms with Crippen molar-refractivity contribution in [3.05, 3.63) is 101 Å². The molecule has 47 heavy (non-hydrogen) atoms. The fourth-order valence-corrected chi connectivity index (χ4v) is 10.6. The topological polar surface area (TPSA) is 101 Å². The monoisotopic (exact) mass is 653 g/mol. The van der Waals surface area contributed by atoms with Gasteiger partial charge in [-0.1, -0.05) is 60.7 Å². The van der Waals surface area contributed by atoms with Gasteiger partial charge in [-0.05, 0) is 61.3 Å². The molecule has 4 heterocycles. The molecule has 244 valence electrons. The Bertz CT molecular complexity index is 1820. The quantitative estimate of drug-likeness (QED) is 0.180. The van der Waals surface area contributed by atoms with Crippen molar-refractivity contribution in [3.8, 4) is 0 Å². The molecule has 0 aliphatic carbocycles. The smallest absolute Gasteiger partial charge is 0.264 e. The van der Waals surface area contributed by atoms with Crippen LogP contribution >= 0.6 is 0 Å². The molecule has 0 unspecified atom stereocenters. The van der Waals surface area contributed by atoms with Crippen molar-refractivity contribution in [3.63, 3.8) is 0 Å². The van der Waals surface area contributed by atoms with Gasteiger partial charge in [0.2, 0.25) is 14.3 Å². The van der Waals surface area contributed by atoms with E-state index in [0.29, 0.717) is 37.9 Å². The summed E-state index contributed by atoms with van der Waals surface area (Å²) in [7, 11) is -3.31. The molecule has 1 saturated heterocycles. The van der Waals surface area contributed by atoms with Gasteiger partial charge in [-0.15, -0.1) is 5.10 Å². The number of hydrogen-bond acceptors (Lipinski definition) is 6. The third kappa shape index (κ3) is 5.40. The van der Waals surface area contributed by atoms with Crippen LogP contribution in [0, 0.1) is 5.92 Å². The lowest BCUT2D eigenvalue weighted by molar-refractivity contribution is -0.146. The van der Waals surface area contributed by atoms with Gasteiger partial charge in [0.05, 0.1) is 29.7 Å². The fraction of sp³-hybridized carbons (Fsp3) is 0.389. The maximum absolute atomic E-state index is 16.2. The number of nitrogens with zero attached hydrogens (tertiary/aromatic N) is 5. The SMILES string of the molecule is C[C@H]1[C@H]([Si](C)(C)F)[C@@H](CCn2cc(CCO)nn2)O[C@]12C(=O)N(Cc1cccc(N3C(=O)CCc4ccccc43)c1)c1ccccc12. The molecular formula is C36H40FN5O4Si. The van der Waals surface area contributed by atoms with E-state index in [-0.39, 0.29) is 25.0 Å². The van der Waals surface area contributed by atoms with Gasteiger partial charge in [0.15, 0.2) is 5.60 Å². The van der Waals surface area contributed by atoms with Crippen molar-refractivity contribution in [2.24, 2.45) is 5.92 Å². The standard InChI is InChI=1S/C36H40FN5O4Si/c1-24-34(47(2,3)37)32(17-19-40-23-27(18-20-43)38-39-40)46-36(24)29-12-5-7-14-31(29)41(35(36)45)22-25-9-8-11-28(21-25)42-30-13-6-4-10-26(30)15-16-33(42)44/h4-14,21,23-24,32,34,43H,15-20,22H2,1-3H3/t24-,32+,34-,36+/m0/s1. The van der Waals surface area contributed by atoms with Crippen LogP contribution in [0.4, 0.5) is 21.2 Å². The van der Waals surface area contributed by atoms with Crippen molar-refractivity contribution in [2.75, 3.05) is 16.4 Å². The molecule has 1 spiro atoms. The van der Waals surface area contributed by atoms with Gasteiger partial charge in [0, 0.05) is 54.9 Å². The number of ether oxygens (including phenoxy) is 1. The second kappa shape index (κ2) is 12.1. The summed E-state index contributed by atoms with van der Waals surface area (Å²) >= 11 is 0. The number of aryl methyl sites for hydroxylation is 2. The molecule has 1 fully saturated rings. The molecule has 4 aromatic rings. The maximum Gasteiger partial charge on any atom is 0.264 e. The Balaban J connectivity index is 1.20. The van der Waals surface area contributed by atoms with E-state index in [2.05, 4.69) is 16.4 Å². The molecule has 1 N–H and O–H groups in total. The zero-order chi connectivity index (χ0) is 32.9. The van der Waals surface area contributed by atoms with E-state index in [0.717, 1.165) is 33.8 Å². The average Bonchev–Trinajstić information content (AvgIpc) is 3.70. The lowest BCUT2D eigenvalue weighted by Crippen LogP contribution is -2.45. The highest BCUT2D eigenvalue weighted by Crippen LogP contribution is 2.60. The molecule has 4 atom stereocenters. The van der Waals surface area contributed by atoms with Gasteiger partial charge in [-0.3, -0.25) is 19.2 Å². The molecule has 2 amide bonds. The number of carbonyl (C=O) groups is 2. The minimum atomic E-state index is -3.31. The number of anilines is 3. The number of fused-ring (bicyclic) bond motifs is 3. The molecule has 1 aromatic heterocycles. The second-order valence-corrected chi connectivity index (χ2v) is 17.2. The summed E-state index contributed by atoms with van der Waals surface area (Å²) in [5.74, 6) is -0.541. The number of aromatic nitrogens is 3. The molecule has 7 rings (SSSR count). The molecule has 3 aromatic carbocycles. The van der Waals surface area contributed by atoms with E-state index < -0.39 is 31.6 Å². The summed E-state index contributed by atoms with van der Waals surface area (Å²) in [5.41, 5.74) is 4.15. The van der Waals surface area contributed by atoms with Crippen LogP contribution in [0.1, 0.15) is 42.1 Å². The Morgan fingerprint density at radius 1 is 1.02 bits per heavy atom. The van der Waals surface area contributed by atoms with Crippen LogP contribution in [0.15, 0.2) is 79.0 Å². The predicted octanol–water partition coefficient (Wildman–Crippen LogP) is 5.84. The zero-order valence-electron chi connectivity index (χ0n) is 27.0. The van der Waals surface area contributed by atoms with Gasteiger partial charge in [-0.25, -0.2) is 0 Å². The van der Waals surface area contributed by atoms with Crippen LogP contribution in [0.25, 0.3) is 0 Å². The molecule has 0 radical (unpaired) electrons. The first-order valence-electron chi connectivity index (χ1n) is 16.4. The highest BCUT2D eigenvalue weighted by molar-refractivity contribution is 6.72. The van der Waals surface area contributed by atoms with Crippen LogP contribution in [-0.4, -0.2) is 53.0 Å². The number of benzene rings is 3. The molecule has 0 bridgehead atoms. The van der Waals surface area contributed by atoms with Crippen molar-refractivity contribution in [1.29, 1.82) is 0 Å². The maximum atomic E-state index is 16.2. The van der Waals surface area contributed by atoms with Gasteiger partial charge >= 0.3 is 0 Å². The summed E-state index contributed by atoms with van der Waals surface area (Å²) in [6.07, 6.45) is 3.34. The summed E-state index contributed by atoms with van der Waals surface area (Å²) in [6, 6.07) is 23.5. The number of halogens is 1. The predicted molar refractivity (Wildman–Crippen MR) is 179 cm³/mol. The fourth-order valence-electron chi connectivity index (χ4n) is 8.05. The zero-order valence-corrected chi connectivity index (χ0v) is 28.0. The summed E-state index contributed by atoms with van der Waals surface area (Å²) in [6.45, 7) is 6.09. The number of carbonyl (C=O) groups excluding carboxylic acids is 2. The molecule has 9 nitrogen and oxygen atoms in total. The Kier molecular flexibility index (Phi) is 8.10. The Hall–Kier alpha value is -4.19. The van der Waals surface area contributed by atoms with E-state index in [9.17, 15) is 14.7 Å². The van der Waals surface area contributed by atoms with Crippen LogP contribution in [0.2, 0.25) is 18.6 Å². The molecular weight excluding hydrogens is 614 g/mol. The molecule has 11 heteroatoms. The third-order valence-electron chi connectivity index (χ3n) is 10.1. The van der Waals surface area contributed by atoms with Gasteiger partial charge < -0.3 is 18.9 Å². The Labute approximate surface area is 275 Å². The molecule has 3 aliphatic heterocycles. The van der Waals surface area contributed by atoms with Crippen molar-refractivity contribution < 1.29 is 23.5 Å². The van der Waals surface area contributed by atoms with Crippen molar-refractivity contribution in [1.82, 2.24) is 15.0 Å². The number of aliphatic hydroxyl groups is 1. The lowest BCUT2D eigenvalue weighted by atomic mass is 9.82. The lowest BCUT2D eigenvalue weighted by Gasteiger charge is -2.31. The van der Waals surface area contributed by atoms with Crippen LogP contribution in [0.3, 0.4) is 0 Å². The second-order valence-electron chi connectivity index (χ2n) is 13.4. The van der Waals surface area contributed by atoms with Crippen LogP contribution in [0.5, 0.6) is 0 Å². The van der Waals surface area contributed by atoms with E-state index in [1.165, 1.54) is 0 Å². The molecule has 3 aliphatic rings. The first kappa shape index (κ1) is 31.4. The number of rotatable bonds is 9. The van der Waals surface area contributed by atoms with Crippen LogP contribution < -0.4 is 9.80 Å². The van der Waals surface area contributed by atoms with Gasteiger partial charge in [-0.2, -0.15) is 0 Å². The van der Waals surface area contributed by atoms with Gasteiger partial charge in [0.25, 0.3) is 5.91 Å².